The third-order valence-corrected chi connectivity index (χ3v) is 3.05. The molecule has 1 aliphatic heterocycles. The number of aryl methyl sites for hydroxylation is 1. The second kappa shape index (κ2) is 4.76. The van der Waals surface area contributed by atoms with Crippen molar-refractivity contribution < 1.29 is 9.47 Å². The first-order valence-corrected chi connectivity index (χ1v) is 6.19. The molecule has 0 unspecified atom stereocenters. The molecule has 2 heterocycles. The summed E-state index contributed by atoms with van der Waals surface area (Å²) < 4.78 is 11.1. The molecule has 1 N–H and O–H groups in total. The third kappa shape index (κ3) is 2.19. The topological polar surface area (TPSA) is 56.3 Å². The molecule has 1 aromatic carbocycles. The van der Waals surface area contributed by atoms with Crippen molar-refractivity contribution in [1.82, 2.24) is 9.97 Å². The summed E-state index contributed by atoms with van der Waals surface area (Å²) in [5, 5.41) is 3.05. The van der Waals surface area contributed by atoms with E-state index in [-0.39, 0.29) is 0 Å². The number of aromatic nitrogens is 2. The van der Waals surface area contributed by atoms with Crippen LogP contribution < -0.4 is 14.8 Å². The summed E-state index contributed by atoms with van der Waals surface area (Å²) in [5.74, 6) is 2.22. The molecule has 3 rings (SSSR count). The Morgan fingerprint density at radius 2 is 1.95 bits per heavy atom. The summed E-state index contributed by atoms with van der Waals surface area (Å²) in [4.78, 5) is 8.85. The first-order chi connectivity index (χ1) is 9.28. The second-order valence-electron chi connectivity index (χ2n) is 4.30. The van der Waals surface area contributed by atoms with Crippen LogP contribution in [0.5, 0.6) is 11.5 Å². The van der Waals surface area contributed by atoms with Crippen LogP contribution in [0.15, 0.2) is 24.4 Å². The van der Waals surface area contributed by atoms with E-state index in [1.807, 2.05) is 32.2 Å². The Labute approximate surface area is 111 Å². The summed E-state index contributed by atoms with van der Waals surface area (Å²) in [6.07, 6.45) is 1.79. The number of hydrogen-bond acceptors (Lipinski definition) is 5. The van der Waals surface area contributed by atoms with Crippen LogP contribution in [0.3, 0.4) is 0 Å². The highest BCUT2D eigenvalue weighted by Crippen LogP contribution is 2.33. The zero-order valence-corrected chi connectivity index (χ0v) is 10.9. The van der Waals surface area contributed by atoms with Crippen molar-refractivity contribution in [2.45, 2.75) is 6.92 Å². The van der Waals surface area contributed by atoms with Crippen molar-refractivity contribution in [3.63, 3.8) is 0 Å². The Hall–Kier alpha value is -2.30. The number of hydrogen-bond donors (Lipinski definition) is 1. The molecule has 2 aromatic rings. The van der Waals surface area contributed by atoms with Gasteiger partial charge in [0.2, 0.25) is 0 Å². The molecule has 98 valence electrons. The van der Waals surface area contributed by atoms with Crippen LogP contribution in [0, 0.1) is 6.92 Å². The van der Waals surface area contributed by atoms with Crippen molar-refractivity contribution in [3.8, 4) is 22.9 Å². The van der Waals surface area contributed by atoms with Gasteiger partial charge < -0.3 is 14.8 Å². The Kier molecular flexibility index (Phi) is 2.95. The normalized spacial score (nSPS) is 13.2. The van der Waals surface area contributed by atoms with Gasteiger partial charge in [0.1, 0.15) is 13.2 Å². The average molecular weight is 257 g/mol. The van der Waals surface area contributed by atoms with Gasteiger partial charge in [0, 0.05) is 12.6 Å². The molecule has 19 heavy (non-hydrogen) atoms. The smallest absolute Gasteiger partial charge is 0.162 e. The van der Waals surface area contributed by atoms with Crippen molar-refractivity contribution in [3.05, 3.63) is 30.1 Å². The van der Waals surface area contributed by atoms with E-state index < -0.39 is 0 Å². The molecular formula is C14H15N3O2. The van der Waals surface area contributed by atoms with E-state index in [4.69, 9.17) is 9.47 Å². The molecule has 0 bridgehead atoms. The van der Waals surface area contributed by atoms with E-state index in [1.165, 1.54) is 0 Å². The van der Waals surface area contributed by atoms with Crippen molar-refractivity contribution in [2.75, 3.05) is 25.6 Å². The molecule has 0 saturated carbocycles. The predicted octanol–water partition coefficient (Wildman–Crippen LogP) is 2.26. The summed E-state index contributed by atoms with van der Waals surface area (Å²) in [7, 11) is 1.86. The first-order valence-electron chi connectivity index (χ1n) is 6.19. The van der Waals surface area contributed by atoms with Gasteiger partial charge in [0.05, 0.1) is 17.6 Å². The lowest BCUT2D eigenvalue weighted by atomic mass is 10.1. The highest BCUT2D eigenvalue weighted by atomic mass is 16.6. The molecule has 0 aliphatic carbocycles. The lowest BCUT2D eigenvalue weighted by Gasteiger charge is -2.18. The van der Waals surface area contributed by atoms with Gasteiger partial charge in [-0.3, -0.25) is 0 Å². The average Bonchev–Trinajstić information content (AvgIpc) is 2.46. The SMILES string of the molecule is CNc1cnc(-c2ccc3c(c2)OCCO3)nc1C. The van der Waals surface area contributed by atoms with Crippen LogP contribution in [-0.2, 0) is 0 Å². The summed E-state index contributed by atoms with van der Waals surface area (Å²) >= 11 is 0. The Morgan fingerprint density at radius 3 is 2.68 bits per heavy atom. The van der Waals surface area contributed by atoms with Crippen LogP contribution in [0.25, 0.3) is 11.4 Å². The molecule has 5 heteroatoms. The van der Waals surface area contributed by atoms with E-state index in [2.05, 4.69) is 15.3 Å². The van der Waals surface area contributed by atoms with E-state index in [0.717, 1.165) is 28.4 Å². The molecule has 0 saturated heterocycles. The van der Waals surface area contributed by atoms with Gasteiger partial charge in [-0.2, -0.15) is 0 Å². The fraction of sp³-hybridized carbons (Fsp3) is 0.286. The number of rotatable bonds is 2. The Balaban J connectivity index is 2.00. The number of fused-ring (bicyclic) bond motifs is 1. The maximum absolute atomic E-state index is 5.57. The summed E-state index contributed by atoms with van der Waals surface area (Å²) in [5.41, 5.74) is 2.78. The number of anilines is 1. The highest BCUT2D eigenvalue weighted by Gasteiger charge is 2.13. The van der Waals surface area contributed by atoms with Gasteiger partial charge in [-0.25, -0.2) is 9.97 Å². The molecule has 0 atom stereocenters. The second-order valence-corrected chi connectivity index (χ2v) is 4.30. The lowest BCUT2D eigenvalue weighted by molar-refractivity contribution is 0.171. The van der Waals surface area contributed by atoms with Crippen molar-refractivity contribution in [2.24, 2.45) is 0 Å². The minimum absolute atomic E-state index is 0.578. The fourth-order valence-electron chi connectivity index (χ4n) is 2.03. The van der Waals surface area contributed by atoms with Crippen LogP contribution in [-0.4, -0.2) is 30.2 Å². The molecule has 0 spiro atoms. The molecular weight excluding hydrogens is 242 g/mol. The zero-order chi connectivity index (χ0) is 13.2. The Morgan fingerprint density at radius 1 is 1.16 bits per heavy atom. The molecule has 1 aromatic heterocycles. The van der Waals surface area contributed by atoms with E-state index in [1.54, 1.807) is 6.20 Å². The van der Waals surface area contributed by atoms with Gasteiger partial charge in [-0.05, 0) is 25.1 Å². The minimum atomic E-state index is 0.578. The lowest BCUT2D eigenvalue weighted by Crippen LogP contribution is -2.15. The van der Waals surface area contributed by atoms with Crippen molar-refractivity contribution >= 4 is 5.69 Å². The van der Waals surface area contributed by atoms with Crippen LogP contribution >= 0.6 is 0 Å². The maximum Gasteiger partial charge on any atom is 0.162 e. The fourth-order valence-corrected chi connectivity index (χ4v) is 2.03. The highest BCUT2D eigenvalue weighted by molar-refractivity contribution is 5.62. The molecule has 0 radical (unpaired) electrons. The van der Waals surface area contributed by atoms with Gasteiger partial charge >= 0.3 is 0 Å². The summed E-state index contributed by atoms with van der Waals surface area (Å²) in [6, 6.07) is 5.76. The monoisotopic (exact) mass is 257 g/mol. The van der Waals surface area contributed by atoms with E-state index >= 15 is 0 Å². The minimum Gasteiger partial charge on any atom is -0.486 e. The van der Waals surface area contributed by atoms with Crippen LogP contribution in [0.4, 0.5) is 5.69 Å². The predicted molar refractivity (Wildman–Crippen MR) is 72.7 cm³/mol. The van der Waals surface area contributed by atoms with Gasteiger partial charge in [-0.1, -0.05) is 0 Å². The summed E-state index contributed by atoms with van der Waals surface area (Å²) in [6.45, 7) is 3.13. The van der Waals surface area contributed by atoms with Crippen LogP contribution in [0.2, 0.25) is 0 Å². The van der Waals surface area contributed by atoms with Gasteiger partial charge in [0.25, 0.3) is 0 Å². The number of nitrogens with one attached hydrogen (secondary N) is 1. The van der Waals surface area contributed by atoms with E-state index in [9.17, 15) is 0 Å². The third-order valence-electron chi connectivity index (χ3n) is 3.05. The maximum atomic E-state index is 5.57. The molecule has 0 fully saturated rings. The molecule has 5 nitrogen and oxygen atoms in total. The largest absolute Gasteiger partial charge is 0.486 e. The molecule has 1 aliphatic rings. The number of ether oxygens (including phenoxy) is 2. The van der Waals surface area contributed by atoms with E-state index in [0.29, 0.717) is 19.0 Å². The first kappa shape index (κ1) is 11.8. The van der Waals surface area contributed by atoms with Gasteiger partial charge in [0.15, 0.2) is 17.3 Å². The van der Waals surface area contributed by atoms with Gasteiger partial charge in [-0.15, -0.1) is 0 Å². The standard InChI is InChI=1S/C14H15N3O2/c1-9-11(15-2)8-16-14(17-9)10-3-4-12-13(7-10)19-6-5-18-12/h3-4,7-8,15H,5-6H2,1-2H3. The number of nitrogens with zero attached hydrogens (tertiary/aromatic N) is 2. The molecule has 0 amide bonds. The van der Waals surface area contributed by atoms with Crippen molar-refractivity contribution in [1.29, 1.82) is 0 Å². The number of benzene rings is 1. The quantitative estimate of drug-likeness (QED) is 0.894. The zero-order valence-electron chi connectivity index (χ0n) is 10.9. The van der Waals surface area contributed by atoms with Crippen LogP contribution in [0.1, 0.15) is 5.69 Å². The Bertz CT molecular complexity index is 614.